The number of amides is 3. The molecule has 7 heteroatoms. The van der Waals surface area contributed by atoms with Gasteiger partial charge in [0.25, 0.3) is 0 Å². The topological polar surface area (TPSA) is 104 Å². The van der Waals surface area contributed by atoms with Crippen LogP contribution in [0.15, 0.2) is 0 Å². The number of hydrogen-bond acceptors (Lipinski definition) is 4. The van der Waals surface area contributed by atoms with Crippen LogP contribution in [-0.4, -0.2) is 42.6 Å². The van der Waals surface area contributed by atoms with Crippen molar-refractivity contribution in [3.8, 4) is 0 Å². The molecule has 0 heterocycles. The summed E-state index contributed by atoms with van der Waals surface area (Å²) in [4.78, 5) is 46.8. The van der Waals surface area contributed by atoms with Crippen molar-refractivity contribution in [2.75, 3.05) is 13.1 Å². The Labute approximate surface area is 169 Å². The van der Waals surface area contributed by atoms with Crippen LogP contribution in [-0.2, 0) is 19.2 Å². The minimum Gasteiger partial charge on any atom is -0.356 e. The van der Waals surface area contributed by atoms with E-state index in [-0.39, 0.29) is 35.3 Å². The van der Waals surface area contributed by atoms with Crippen molar-refractivity contribution in [2.24, 2.45) is 11.8 Å². The SMILES string of the molecule is CC(=O)N[C@@H](CCCCNC(=O)C(C)C)C(=O)NCCCCCC(=O)C(C)C. The number of carbonyl (C=O) groups excluding carboxylic acids is 4. The molecular formula is C21H39N3O4. The first-order chi connectivity index (χ1) is 13.1. The number of Topliss-reactive ketones (excluding diaryl/α,β-unsaturated/α-hetero) is 1. The molecule has 3 N–H and O–H groups in total. The van der Waals surface area contributed by atoms with E-state index in [1.807, 2.05) is 27.7 Å². The third kappa shape index (κ3) is 13.3. The van der Waals surface area contributed by atoms with E-state index in [2.05, 4.69) is 16.0 Å². The van der Waals surface area contributed by atoms with E-state index in [9.17, 15) is 19.2 Å². The summed E-state index contributed by atoms with van der Waals surface area (Å²) in [5.41, 5.74) is 0. The Morgan fingerprint density at radius 1 is 0.714 bits per heavy atom. The Balaban J connectivity index is 4.07. The zero-order chi connectivity index (χ0) is 21.5. The van der Waals surface area contributed by atoms with Crippen LogP contribution < -0.4 is 16.0 Å². The lowest BCUT2D eigenvalue weighted by molar-refractivity contribution is -0.128. The van der Waals surface area contributed by atoms with E-state index < -0.39 is 6.04 Å². The standard InChI is InChI=1S/C21H39N3O4/c1-15(2)19(26)12-7-6-9-13-23-21(28)18(24-17(5)25)11-8-10-14-22-20(27)16(3)4/h15-16,18H,6-14H2,1-5H3,(H,22,27)(H,23,28)(H,24,25)/t18-/m0/s1. The van der Waals surface area contributed by atoms with Gasteiger partial charge in [-0.2, -0.15) is 0 Å². The lowest BCUT2D eigenvalue weighted by Crippen LogP contribution is -2.46. The van der Waals surface area contributed by atoms with Crippen molar-refractivity contribution in [3.63, 3.8) is 0 Å². The molecule has 0 saturated carbocycles. The van der Waals surface area contributed by atoms with E-state index in [1.165, 1.54) is 6.92 Å². The molecule has 162 valence electrons. The molecule has 0 aromatic heterocycles. The first-order valence-electron chi connectivity index (χ1n) is 10.5. The van der Waals surface area contributed by atoms with Gasteiger partial charge in [-0.15, -0.1) is 0 Å². The first-order valence-corrected chi connectivity index (χ1v) is 10.5. The maximum Gasteiger partial charge on any atom is 0.242 e. The van der Waals surface area contributed by atoms with Crippen molar-refractivity contribution in [3.05, 3.63) is 0 Å². The van der Waals surface area contributed by atoms with Gasteiger partial charge in [-0.1, -0.05) is 34.1 Å². The molecule has 0 aliphatic heterocycles. The molecule has 28 heavy (non-hydrogen) atoms. The number of hydrogen-bond donors (Lipinski definition) is 3. The van der Waals surface area contributed by atoms with E-state index in [1.54, 1.807) is 0 Å². The molecule has 0 saturated heterocycles. The third-order valence-corrected chi connectivity index (χ3v) is 4.48. The minimum absolute atomic E-state index is 0.0197. The number of nitrogens with one attached hydrogen (secondary N) is 3. The van der Waals surface area contributed by atoms with Crippen LogP contribution in [0.25, 0.3) is 0 Å². The van der Waals surface area contributed by atoms with Crippen LogP contribution in [0.5, 0.6) is 0 Å². The van der Waals surface area contributed by atoms with Gasteiger partial charge < -0.3 is 16.0 Å². The van der Waals surface area contributed by atoms with Gasteiger partial charge in [-0.05, 0) is 32.1 Å². The smallest absolute Gasteiger partial charge is 0.242 e. The predicted octanol–water partition coefficient (Wildman–Crippen LogP) is 2.34. The molecule has 0 radical (unpaired) electrons. The number of unbranched alkanes of at least 4 members (excludes halogenated alkanes) is 3. The second-order valence-corrected chi connectivity index (χ2v) is 7.92. The summed E-state index contributed by atoms with van der Waals surface area (Å²) in [6, 6.07) is -0.555. The fourth-order valence-corrected chi connectivity index (χ4v) is 2.63. The van der Waals surface area contributed by atoms with Gasteiger partial charge in [-0.25, -0.2) is 0 Å². The van der Waals surface area contributed by atoms with Gasteiger partial charge in [0.15, 0.2) is 0 Å². The molecule has 1 atom stereocenters. The van der Waals surface area contributed by atoms with Gasteiger partial charge in [0, 0.05) is 38.3 Å². The maximum absolute atomic E-state index is 12.3. The summed E-state index contributed by atoms with van der Waals surface area (Å²) in [7, 11) is 0. The van der Waals surface area contributed by atoms with E-state index >= 15 is 0 Å². The highest BCUT2D eigenvalue weighted by Gasteiger charge is 2.18. The highest BCUT2D eigenvalue weighted by molar-refractivity contribution is 5.86. The van der Waals surface area contributed by atoms with Gasteiger partial charge in [-0.3, -0.25) is 19.2 Å². The second-order valence-electron chi connectivity index (χ2n) is 7.92. The van der Waals surface area contributed by atoms with Crippen LogP contribution in [0.1, 0.15) is 79.6 Å². The van der Waals surface area contributed by atoms with Gasteiger partial charge in [0.05, 0.1) is 0 Å². The van der Waals surface area contributed by atoms with Crippen molar-refractivity contribution in [1.82, 2.24) is 16.0 Å². The minimum atomic E-state index is -0.555. The maximum atomic E-state index is 12.3. The van der Waals surface area contributed by atoms with Gasteiger partial charge >= 0.3 is 0 Å². The highest BCUT2D eigenvalue weighted by atomic mass is 16.2. The third-order valence-electron chi connectivity index (χ3n) is 4.48. The Morgan fingerprint density at radius 2 is 1.29 bits per heavy atom. The Morgan fingerprint density at radius 3 is 1.82 bits per heavy atom. The van der Waals surface area contributed by atoms with Crippen LogP contribution >= 0.6 is 0 Å². The second kappa shape index (κ2) is 15.1. The zero-order valence-electron chi connectivity index (χ0n) is 18.2. The molecule has 0 fully saturated rings. The summed E-state index contributed by atoms with van der Waals surface area (Å²) in [5, 5.41) is 8.40. The number of rotatable bonds is 15. The predicted molar refractivity (Wildman–Crippen MR) is 111 cm³/mol. The fraction of sp³-hybridized carbons (Fsp3) is 0.810. The average molecular weight is 398 g/mol. The first kappa shape index (κ1) is 26.1. The van der Waals surface area contributed by atoms with Crippen molar-refractivity contribution in [2.45, 2.75) is 85.6 Å². The van der Waals surface area contributed by atoms with Crippen molar-refractivity contribution >= 4 is 23.5 Å². The lowest BCUT2D eigenvalue weighted by Gasteiger charge is -2.18. The van der Waals surface area contributed by atoms with Crippen LogP contribution in [0.2, 0.25) is 0 Å². The molecular weight excluding hydrogens is 358 g/mol. The van der Waals surface area contributed by atoms with Crippen LogP contribution in [0.3, 0.4) is 0 Å². The largest absolute Gasteiger partial charge is 0.356 e. The summed E-state index contributed by atoms with van der Waals surface area (Å²) in [6.07, 6.45) is 5.15. The average Bonchev–Trinajstić information content (AvgIpc) is 2.61. The van der Waals surface area contributed by atoms with E-state index in [0.717, 1.165) is 32.1 Å². The van der Waals surface area contributed by atoms with Crippen molar-refractivity contribution < 1.29 is 19.2 Å². The van der Waals surface area contributed by atoms with Crippen LogP contribution in [0.4, 0.5) is 0 Å². The molecule has 0 aliphatic rings. The van der Waals surface area contributed by atoms with E-state index in [0.29, 0.717) is 25.9 Å². The lowest BCUT2D eigenvalue weighted by atomic mass is 10.0. The summed E-state index contributed by atoms with van der Waals surface area (Å²) in [5.74, 6) is -0.0797. The molecule has 0 spiro atoms. The monoisotopic (exact) mass is 397 g/mol. The molecule has 0 bridgehead atoms. The molecule has 3 amide bonds. The fourth-order valence-electron chi connectivity index (χ4n) is 2.63. The zero-order valence-corrected chi connectivity index (χ0v) is 18.2. The Bertz CT molecular complexity index is 504. The molecule has 0 aromatic rings. The highest BCUT2D eigenvalue weighted by Crippen LogP contribution is 2.06. The molecule has 7 nitrogen and oxygen atoms in total. The van der Waals surface area contributed by atoms with Gasteiger partial charge in [0.2, 0.25) is 17.7 Å². The molecule has 0 rings (SSSR count). The van der Waals surface area contributed by atoms with E-state index in [4.69, 9.17) is 0 Å². The molecule has 0 unspecified atom stereocenters. The Kier molecular flexibility index (Phi) is 14.0. The summed E-state index contributed by atoms with van der Waals surface area (Å²) in [6.45, 7) is 10.00. The quantitative estimate of drug-likeness (QED) is 0.369. The van der Waals surface area contributed by atoms with Crippen LogP contribution in [0, 0.1) is 11.8 Å². The molecule has 0 aromatic carbocycles. The van der Waals surface area contributed by atoms with Crippen molar-refractivity contribution in [1.29, 1.82) is 0 Å². The summed E-state index contributed by atoms with van der Waals surface area (Å²) >= 11 is 0. The number of ketones is 1. The number of carbonyl (C=O) groups is 4. The van der Waals surface area contributed by atoms with Gasteiger partial charge in [0.1, 0.15) is 11.8 Å². The normalized spacial score (nSPS) is 12.0. The Hall–Kier alpha value is -1.92. The molecule has 0 aliphatic carbocycles. The summed E-state index contributed by atoms with van der Waals surface area (Å²) < 4.78 is 0.